The molecule has 0 unspecified atom stereocenters. The number of pyridine rings is 1. The predicted molar refractivity (Wildman–Crippen MR) is 87.0 cm³/mol. The van der Waals surface area contributed by atoms with Gasteiger partial charge < -0.3 is 14.9 Å². The van der Waals surface area contributed by atoms with E-state index in [0.717, 1.165) is 12.1 Å². The van der Waals surface area contributed by atoms with Crippen LogP contribution in [0.25, 0.3) is 11.5 Å². The van der Waals surface area contributed by atoms with E-state index in [2.05, 4.69) is 15.2 Å². The van der Waals surface area contributed by atoms with E-state index < -0.39 is 23.0 Å². The number of hydrogen-bond donors (Lipinski definition) is 1. The summed E-state index contributed by atoms with van der Waals surface area (Å²) in [4.78, 5) is 3.87. The van der Waals surface area contributed by atoms with Crippen molar-refractivity contribution in [1.82, 2.24) is 15.2 Å². The van der Waals surface area contributed by atoms with E-state index in [1.54, 1.807) is 26.0 Å². The molecule has 2 N–H and O–H groups in total. The lowest BCUT2D eigenvalue weighted by atomic mass is 10.1. The lowest BCUT2D eigenvalue weighted by Gasteiger charge is -2.23. The summed E-state index contributed by atoms with van der Waals surface area (Å²) in [5, 5.41) is 7.73. The van der Waals surface area contributed by atoms with Gasteiger partial charge >= 0.3 is 0 Å². The molecule has 0 atom stereocenters. The second-order valence-electron chi connectivity index (χ2n) is 5.69. The molecule has 0 bridgehead atoms. The van der Waals surface area contributed by atoms with E-state index >= 15 is 0 Å². The molecule has 0 spiro atoms. The second kappa shape index (κ2) is 6.29. The molecule has 6 nitrogen and oxygen atoms in total. The van der Waals surface area contributed by atoms with Crippen molar-refractivity contribution in [2.75, 3.05) is 5.73 Å². The predicted octanol–water partition coefficient (Wildman–Crippen LogP) is 3.96. The molecule has 0 aliphatic heterocycles. The minimum Gasteiger partial charge on any atom is -0.472 e. The summed E-state index contributed by atoms with van der Waals surface area (Å²) in [5.74, 6) is -1.94. The van der Waals surface area contributed by atoms with E-state index in [-0.39, 0.29) is 22.6 Å². The van der Waals surface area contributed by atoms with Crippen LogP contribution in [0.15, 0.2) is 34.9 Å². The number of nitrogens with zero attached hydrogens (tertiary/aromatic N) is 3. The molecule has 0 aliphatic carbocycles. The van der Waals surface area contributed by atoms with Crippen molar-refractivity contribution in [3.63, 3.8) is 0 Å². The van der Waals surface area contributed by atoms with Crippen molar-refractivity contribution in [2.45, 2.75) is 19.4 Å². The summed E-state index contributed by atoms with van der Waals surface area (Å²) in [6, 6.07) is 5.10. The number of hydrogen-bond acceptors (Lipinski definition) is 6. The van der Waals surface area contributed by atoms with Gasteiger partial charge in [0.1, 0.15) is 5.82 Å². The summed E-state index contributed by atoms with van der Waals surface area (Å²) < 4.78 is 38.9. The highest BCUT2D eigenvalue weighted by atomic mass is 35.5. The Labute approximate surface area is 146 Å². The van der Waals surface area contributed by atoms with Crippen LogP contribution in [0.2, 0.25) is 5.02 Å². The zero-order valence-electron chi connectivity index (χ0n) is 13.3. The second-order valence-corrected chi connectivity index (χ2v) is 6.13. The maximum Gasteiger partial charge on any atom is 0.259 e. The average molecular weight is 367 g/mol. The Morgan fingerprint density at radius 3 is 2.48 bits per heavy atom. The first kappa shape index (κ1) is 17.1. The van der Waals surface area contributed by atoms with E-state index in [1.807, 2.05) is 0 Å². The number of ether oxygens (including phenoxy) is 1. The van der Waals surface area contributed by atoms with Gasteiger partial charge in [-0.25, -0.2) is 13.8 Å². The zero-order chi connectivity index (χ0) is 18.2. The monoisotopic (exact) mass is 366 g/mol. The summed E-state index contributed by atoms with van der Waals surface area (Å²) in [6.07, 6.45) is 1.49. The van der Waals surface area contributed by atoms with E-state index in [1.165, 1.54) is 6.20 Å². The van der Waals surface area contributed by atoms with Crippen LogP contribution in [0, 0.1) is 11.6 Å². The van der Waals surface area contributed by atoms with Crippen LogP contribution < -0.4 is 10.5 Å². The zero-order valence-corrected chi connectivity index (χ0v) is 14.0. The third-order valence-corrected chi connectivity index (χ3v) is 3.51. The van der Waals surface area contributed by atoms with Gasteiger partial charge in [0.05, 0.1) is 0 Å². The maximum atomic E-state index is 13.9. The first-order valence-corrected chi connectivity index (χ1v) is 7.53. The smallest absolute Gasteiger partial charge is 0.259 e. The van der Waals surface area contributed by atoms with Gasteiger partial charge in [-0.15, -0.1) is 10.2 Å². The third-order valence-electron chi connectivity index (χ3n) is 3.29. The van der Waals surface area contributed by atoms with Crippen molar-refractivity contribution in [3.05, 3.63) is 53.0 Å². The molecular weight excluding hydrogens is 354 g/mol. The molecule has 0 fully saturated rings. The molecule has 130 valence electrons. The SMILES string of the molecule is CC(C)(Oc1c(F)cc(Cl)cc1F)c1nnc(-c2ccnc(N)c2)o1. The van der Waals surface area contributed by atoms with Crippen molar-refractivity contribution in [3.8, 4) is 17.2 Å². The molecule has 0 saturated heterocycles. The standard InChI is InChI=1S/C16H13ClF2N4O2/c1-16(2,25-13-10(18)6-9(17)7-11(13)19)15-23-22-14(24-15)8-3-4-21-12(20)5-8/h3-7H,1-2H3,(H2,20,21). The van der Waals surface area contributed by atoms with Gasteiger partial charge in [0, 0.05) is 16.8 Å². The molecular formula is C16H13ClF2N4O2. The number of nitrogens with two attached hydrogens (primary N) is 1. The normalized spacial score (nSPS) is 11.6. The molecule has 2 aromatic heterocycles. The van der Waals surface area contributed by atoms with E-state index in [4.69, 9.17) is 26.5 Å². The Balaban J connectivity index is 1.91. The highest BCUT2D eigenvalue weighted by Crippen LogP contribution is 2.33. The lowest BCUT2D eigenvalue weighted by molar-refractivity contribution is 0.0671. The fourth-order valence-corrected chi connectivity index (χ4v) is 2.28. The minimum atomic E-state index is -1.29. The molecule has 2 heterocycles. The minimum absolute atomic E-state index is 0.0339. The third kappa shape index (κ3) is 3.53. The van der Waals surface area contributed by atoms with E-state index in [9.17, 15) is 8.78 Å². The lowest BCUT2D eigenvalue weighted by Crippen LogP contribution is -2.26. The molecule has 3 aromatic rings. The van der Waals surface area contributed by atoms with Gasteiger partial charge in [-0.3, -0.25) is 0 Å². The molecule has 25 heavy (non-hydrogen) atoms. The van der Waals surface area contributed by atoms with Gasteiger partial charge in [0.15, 0.2) is 23.0 Å². The first-order valence-electron chi connectivity index (χ1n) is 7.16. The van der Waals surface area contributed by atoms with Crippen LogP contribution in [0.5, 0.6) is 5.75 Å². The van der Waals surface area contributed by atoms with Gasteiger partial charge in [-0.2, -0.15) is 0 Å². The molecule has 9 heteroatoms. The number of benzene rings is 1. The number of rotatable bonds is 4. The summed E-state index contributed by atoms with van der Waals surface area (Å²) in [5.41, 5.74) is 4.89. The quantitative estimate of drug-likeness (QED) is 0.752. The van der Waals surface area contributed by atoms with Crippen LogP contribution in [-0.4, -0.2) is 15.2 Å². The van der Waals surface area contributed by atoms with Crippen molar-refractivity contribution in [1.29, 1.82) is 0 Å². The molecule has 0 saturated carbocycles. The van der Waals surface area contributed by atoms with Crippen molar-refractivity contribution in [2.24, 2.45) is 0 Å². The Morgan fingerprint density at radius 1 is 1.16 bits per heavy atom. The van der Waals surface area contributed by atoms with Crippen LogP contribution in [0.1, 0.15) is 19.7 Å². The molecule has 0 aliphatic rings. The summed E-state index contributed by atoms with van der Waals surface area (Å²) >= 11 is 5.60. The average Bonchev–Trinajstić information content (AvgIpc) is 3.02. The summed E-state index contributed by atoms with van der Waals surface area (Å²) in [6.45, 7) is 3.08. The van der Waals surface area contributed by atoms with Crippen LogP contribution >= 0.6 is 11.6 Å². The van der Waals surface area contributed by atoms with Crippen LogP contribution in [-0.2, 0) is 5.60 Å². The molecule has 0 radical (unpaired) electrons. The highest BCUT2D eigenvalue weighted by Gasteiger charge is 2.32. The highest BCUT2D eigenvalue weighted by molar-refractivity contribution is 6.30. The topological polar surface area (TPSA) is 87.1 Å². The van der Waals surface area contributed by atoms with Gasteiger partial charge in [0.2, 0.25) is 5.89 Å². The first-order chi connectivity index (χ1) is 11.8. The fraction of sp³-hybridized carbons (Fsp3) is 0.188. The van der Waals surface area contributed by atoms with Crippen LogP contribution in [0.4, 0.5) is 14.6 Å². The molecule has 0 amide bonds. The molecule has 1 aromatic carbocycles. The molecule has 3 rings (SSSR count). The number of anilines is 1. The Bertz CT molecular complexity index is 907. The fourth-order valence-electron chi connectivity index (χ4n) is 2.09. The summed E-state index contributed by atoms with van der Waals surface area (Å²) in [7, 11) is 0. The van der Waals surface area contributed by atoms with E-state index in [0.29, 0.717) is 5.56 Å². The van der Waals surface area contributed by atoms with Gasteiger partial charge in [0.25, 0.3) is 5.89 Å². The number of nitrogen functional groups attached to an aromatic ring is 1. The van der Waals surface area contributed by atoms with Gasteiger partial charge in [-0.1, -0.05) is 11.6 Å². The van der Waals surface area contributed by atoms with Crippen molar-refractivity contribution < 1.29 is 17.9 Å². The maximum absolute atomic E-state index is 13.9. The number of halogens is 3. The number of aromatic nitrogens is 3. The Kier molecular flexibility index (Phi) is 4.30. The van der Waals surface area contributed by atoms with Gasteiger partial charge in [-0.05, 0) is 38.1 Å². The Morgan fingerprint density at radius 2 is 1.84 bits per heavy atom. The largest absolute Gasteiger partial charge is 0.472 e. The van der Waals surface area contributed by atoms with Crippen molar-refractivity contribution >= 4 is 17.4 Å². The Hall–Kier alpha value is -2.74. The van der Waals surface area contributed by atoms with Crippen LogP contribution in [0.3, 0.4) is 0 Å².